The number of aromatic nitrogens is 2. The van der Waals surface area contributed by atoms with Gasteiger partial charge in [-0.3, -0.25) is 23.4 Å². The molecule has 10 heteroatoms. The number of aliphatic imine (C=N–C) groups is 1. The summed E-state index contributed by atoms with van der Waals surface area (Å²) in [5.74, 6) is -1.84. The van der Waals surface area contributed by atoms with E-state index in [1.807, 2.05) is 6.07 Å². The lowest BCUT2D eigenvalue weighted by molar-refractivity contribution is 0.591. The summed E-state index contributed by atoms with van der Waals surface area (Å²) in [6.45, 7) is 3.31. The Morgan fingerprint density at radius 3 is 2.58 bits per heavy atom. The third kappa shape index (κ3) is 5.26. The molecule has 0 spiro atoms. The van der Waals surface area contributed by atoms with Crippen molar-refractivity contribution in [3.8, 4) is 0 Å². The molecule has 1 aliphatic rings. The fourth-order valence-electron chi connectivity index (χ4n) is 4.49. The summed E-state index contributed by atoms with van der Waals surface area (Å²) < 4.78 is 45.3. The van der Waals surface area contributed by atoms with E-state index < -0.39 is 28.0 Å². The number of hydrogen-bond donors (Lipinski definition) is 0. The Morgan fingerprint density at radius 1 is 1.18 bits per heavy atom. The average Bonchev–Trinajstić information content (AvgIpc) is 3.67. The van der Waals surface area contributed by atoms with Crippen LogP contribution in [0.25, 0.3) is 6.20 Å². The number of aryl methyl sites for hydroxylation is 1. The first-order valence-electron chi connectivity index (χ1n) is 11.8. The molecule has 2 aromatic heterocycles. The zero-order valence-electron chi connectivity index (χ0n) is 21.2. The zero-order chi connectivity index (χ0) is 27.7. The molecule has 1 fully saturated rings. The van der Waals surface area contributed by atoms with Crippen LogP contribution in [-0.4, -0.2) is 25.3 Å². The van der Waals surface area contributed by atoms with E-state index in [-0.39, 0.29) is 38.6 Å². The van der Waals surface area contributed by atoms with E-state index >= 15 is 8.78 Å². The van der Waals surface area contributed by atoms with Crippen molar-refractivity contribution in [3.05, 3.63) is 115 Å². The van der Waals surface area contributed by atoms with Gasteiger partial charge in [0.05, 0.1) is 21.9 Å². The Balaban J connectivity index is 1.75. The van der Waals surface area contributed by atoms with E-state index in [0.29, 0.717) is 11.3 Å². The molecular formula is C28H26ClF2N3O3S. The van der Waals surface area contributed by atoms with Crippen LogP contribution in [0.15, 0.2) is 80.0 Å². The highest BCUT2D eigenvalue weighted by atomic mass is 35.5. The molecule has 3 atom stereocenters. The van der Waals surface area contributed by atoms with Gasteiger partial charge in [0.2, 0.25) is 5.56 Å². The predicted molar refractivity (Wildman–Crippen MR) is 148 cm³/mol. The van der Waals surface area contributed by atoms with Crippen LogP contribution in [0.4, 0.5) is 8.78 Å². The van der Waals surface area contributed by atoms with Gasteiger partial charge in [-0.2, -0.15) is 0 Å². The highest BCUT2D eigenvalue weighted by Gasteiger charge is 2.42. The number of hydrogen-bond acceptors (Lipinski definition) is 4. The van der Waals surface area contributed by atoms with Crippen molar-refractivity contribution < 1.29 is 13.0 Å². The van der Waals surface area contributed by atoms with Crippen molar-refractivity contribution in [3.63, 3.8) is 0 Å². The molecule has 3 aromatic rings. The van der Waals surface area contributed by atoms with Crippen LogP contribution in [0.5, 0.6) is 0 Å². The van der Waals surface area contributed by atoms with Gasteiger partial charge in [-0.15, -0.1) is 0 Å². The molecule has 2 heterocycles. The second-order valence-electron chi connectivity index (χ2n) is 9.04. The van der Waals surface area contributed by atoms with Crippen molar-refractivity contribution in [1.82, 2.24) is 9.13 Å². The smallest absolute Gasteiger partial charge is 0.273 e. The summed E-state index contributed by atoms with van der Waals surface area (Å²) >= 11 is 6.48. The molecule has 0 N–H and O–H groups in total. The van der Waals surface area contributed by atoms with Crippen molar-refractivity contribution >= 4 is 34.3 Å². The van der Waals surface area contributed by atoms with E-state index in [0.717, 1.165) is 22.9 Å². The molecule has 4 rings (SSSR count). The van der Waals surface area contributed by atoms with Gasteiger partial charge >= 0.3 is 0 Å². The summed E-state index contributed by atoms with van der Waals surface area (Å²) in [5, 5.41) is -0.0467. The minimum Gasteiger partial charge on any atom is -0.315 e. The highest BCUT2D eigenvalue weighted by molar-refractivity contribution is 7.84. The van der Waals surface area contributed by atoms with Crippen molar-refractivity contribution in [2.45, 2.75) is 37.0 Å². The van der Waals surface area contributed by atoms with Crippen LogP contribution in [0, 0.1) is 12.7 Å². The quantitative estimate of drug-likeness (QED) is 0.363. The van der Waals surface area contributed by atoms with E-state index in [1.165, 1.54) is 36.7 Å². The van der Waals surface area contributed by atoms with E-state index in [4.69, 9.17) is 11.6 Å². The van der Waals surface area contributed by atoms with E-state index in [9.17, 15) is 13.8 Å². The molecule has 0 saturated heterocycles. The van der Waals surface area contributed by atoms with Crippen molar-refractivity contribution in [1.29, 1.82) is 0 Å². The molecule has 0 radical (unpaired) electrons. The first-order chi connectivity index (χ1) is 18.1. The van der Waals surface area contributed by atoms with E-state index in [1.54, 1.807) is 43.7 Å². The van der Waals surface area contributed by atoms with Crippen LogP contribution in [0.2, 0.25) is 5.02 Å². The number of allylic oxidation sites excluding steroid dienone is 2. The number of pyridine rings is 2. The van der Waals surface area contributed by atoms with Gasteiger partial charge in [0.25, 0.3) is 5.56 Å². The molecule has 1 aromatic carbocycles. The second-order valence-corrected chi connectivity index (χ2v) is 10.8. The molecular weight excluding hydrogens is 532 g/mol. The Bertz CT molecular complexity index is 1660. The Morgan fingerprint density at radius 2 is 1.89 bits per heavy atom. The monoisotopic (exact) mass is 557 g/mol. The normalized spacial score (nSPS) is 18.7. The fourth-order valence-corrected chi connectivity index (χ4v) is 5.41. The molecule has 1 saturated carbocycles. The van der Waals surface area contributed by atoms with Gasteiger partial charge in [0, 0.05) is 48.4 Å². The fraction of sp³-hybridized carbons (Fsp3) is 0.250. The van der Waals surface area contributed by atoms with Crippen molar-refractivity contribution in [2.24, 2.45) is 12.0 Å². The molecule has 0 amide bonds. The van der Waals surface area contributed by atoms with Gasteiger partial charge in [-0.1, -0.05) is 29.8 Å². The maximum atomic E-state index is 15.6. The number of rotatable bonds is 7. The SMILES string of the molecule is C/C=C/N=C(/C(F)=C/n1c(C)cc(C2CC2c2cccc(=O)n2C)c(Cl)c1=O)c1cccc(S(C)=O)c1F. The van der Waals surface area contributed by atoms with Gasteiger partial charge < -0.3 is 4.57 Å². The summed E-state index contributed by atoms with van der Waals surface area (Å²) in [6, 6.07) is 10.9. The van der Waals surface area contributed by atoms with Gasteiger partial charge in [-0.25, -0.2) is 8.78 Å². The van der Waals surface area contributed by atoms with Crippen LogP contribution < -0.4 is 11.1 Å². The first kappa shape index (κ1) is 27.6. The lowest BCUT2D eigenvalue weighted by Crippen LogP contribution is -2.21. The summed E-state index contributed by atoms with van der Waals surface area (Å²) in [7, 11) is 0.0662. The Hall–Kier alpha value is -3.43. The topological polar surface area (TPSA) is 73.4 Å². The van der Waals surface area contributed by atoms with Gasteiger partial charge in [0.15, 0.2) is 5.83 Å². The van der Waals surface area contributed by atoms with Crippen LogP contribution >= 0.6 is 11.6 Å². The standard InChI is InChI=1S/C28H26ClF2N3O3S/c1-5-12-32-27(17-8-6-10-23(26(17)31)38(4)37)21(30)15-34-16(2)13-20(25(29)28(34)36)18-14-19(18)22-9-7-11-24(35)33(22)3/h5-13,15,18-19H,14H2,1-4H3/b12-5+,21-15-,32-27+. The maximum Gasteiger partial charge on any atom is 0.273 e. The molecule has 0 aliphatic heterocycles. The average molecular weight is 558 g/mol. The molecule has 1 aliphatic carbocycles. The van der Waals surface area contributed by atoms with Crippen LogP contribution in [0.3, 0.4) is 0 Å². The summed E-state index contributed by atoms with van der Waals surface area (Å²) in [5.41, 5.74) is 0.624. The lowest BCUT2D eigenvalue weighted by Gasteiger charge is -2.13. The molecule has 38 heavy (non-hydrogen) atoms. The lowest BCUT2D eigenvalue weighted by atomic mass is 10.1. The number of nitrogens with zero attached hydrogens (tertiary/aromatic N) is 3. The van der Waals surface area contributed by atoms with Crippen molar-refractivity contribution in [2.75, 3.05) is 6.26 Å². The number of halogens is 3. The molecule has 6 nitrogen and oxygen atoms in total. The Labute approximate surface area is 226 Å². The van der Waals surface area contributed by atoms with Gasteiger partial charge in [0.1, 0.15) is 16.6 Å². The minimum atomic E-state index is -1.64. The molecule has 198 valence electrons. The van der Waals surface area contributed by atoms with Crippen LogP contribution in [-0.2, 0) is 17.8 Å². The van der Waals surface area contributed by atoms with Crippen LogP contribution in [0.1, 0.15) is 47.7 Å². The van der Waals surface area contributed by atoms with E-state index in [2.05, 4.69) is 4.99 Å². The second kappa shape index (κ2) is 11.1. The molecule has 0 bridgehead atoms. The number of benzene rings is 1. The minimum absolute atomic E-state index is 0.0345. The largest absolute Gasteiger partial charge is 0.315 e. The highest BCUT2D eigenvalue weighted by Crippen LogP contribution is 2.55. The van der Waals surface area contributed by atoms with Gasteiger partial charge in [-0.05, 0) is 56.0 Å². The summed E-state index contributed by atoms with van der Waals surface area (Å²) in [6.07, 6.45) is 5.82. The third-order valence-electron chi connectivity index (χ3n) is 6.55. The zero-order valence-corrected chi connectivity index (χ0v) is 22.8. The first-order valence-corrected chi connectivity index (χ1v) is 13.8. The summed E-state index contributed by atoms with van der Waals surface area (Å²) in [4.78, 5) is 29.2. The maximum absolute atomic E-state index is 15.6. The Kier molecular flexibility index (Phi) is 8.08. The third-order valence-corrected chi connectivity index (χ3v) is 7.86. The predicted octanol–water partition coefficient (Wildman–Crippen LogP) is 5.45. The molecule has 3 unspecified atom stereocenters.